The summed E-state index contributed by atoms with van der Waals surface area (Å²) in [6, 6.07) is 41.0. The maximum atomic E-state index is 10.7. The summed E-state index contributed by atoms with van der Waals surface area (Å²) < 4.78 is 36.4. The van der Waals surface area contributed by atoms with E-state index in [1.807, 2.05) is 0 Å². The zero-order valence-corrected chi connectivity index (χ0v) is 24.0. The molecule has 0 unspecified atom stereocenters. The van der Waals surface area contributed by atoms with Crippen LogP contribution in [-0.4, -0.2) is 19.0 Å². The van der Waals surface area contributed by atoms with Crippen LogP contribution >= 0.6 is 0 Å². The summed E-state index contributed by atoms with van der Waals surface area (Å²) in [7, 11) is -4.33. The summed E-state index contributed by atoms with van der Waals surface area (Å²) in [6.45, 7) is 6.45. The molecule has 0 amide bonds. The monoisotopic (exact) mass is 562 g/mol. The third-order valence-electron chi connectivity index (χ3n) is 7.19. The number of hydrogen-bond acceptors (Lipinski definition) is 2. The molecule has 1 N–H and O–H groups in total. The molecule has 0 saturated heterocycles. The minimum Gasteiger partial charge on any atom is -0.284 e. The van der Waals surface area contributed by atoms with Gasteiger partial charge in [0, 0.05) is 0 Å². The molecule has 3 nitrogen and oxygen atoms in total. The molecule has 206 valence electrons. The molecule has 6 aromatic rings. The average Bonchev–Trinajstić information content (AvgIpc) is 2.96. The number of aryl methyl sites for hydroxylation is 3. The highest BCUT2D eigenvalue weighted by Gasteiger charge is 2.19. The van der Waals surface area contributed by atoms with E-state index in [-0.39, 0.29) is 0 Å². The largest absolute Gasteiger partial charge is 0.294 e. The molecule has 0 aliphatic heterocycles. The molecule has 0 aliphatic carbocycles. The van der Waals surface area contributed by atoms with Gasteiger partial charge in [0.1, 0.15) is 0 Å². The fraction of sp³-hybridized carbons (Fsp3) is 0.111. The zero-order chi connectivity index (χ0) is 29.1. The van der Waals surface area contributed by atoms with Crippen molar-refractivity contribution < 1.29 is 17.4 Å². The van der Waals surface area contributed by atoms with Crippen LogP contribution in [-0.2, 0) is 10.1 Å². The molecule has 0 fully saturated rings. The Balaban J connectivity index is 0.000000511. The van der Waals surface area contributed by atoms with E-state index in [4.69, 9.17) is 4.55 Å². The predicted octanol–water partition coefficient (Wildman–Crippen LogP) is 9.72. The van der Waals surface area contributed by atoms with Crippen molar-refractivity contribution >= 4 is 31.7 Å². The molecule has 0 radical (unpaired) electrons. The molecule has 6 rings (SSSR count). The van der Waals surface area contributed by atoms with Gasteiger partial charge in [-0.1, -0.05) is 114 Å². The number of benzene rings is 6. The van der Waals surface area contributed by atoms with Gasteiger partial charge in [0.2, 0.25) is 6.01 Å². The molecule has 0 atom stereocenters. The molecular weight excluding hydrogens is 531 g/mol. The number of halogens is 1. The Hall–Kier alpha value is -4.32. The Morgan fingerprint density at radius 3 is 1.44 bits per heavy atom. The zero-order valence-electron chi connectivity index (χ0n) is 23.2. The molecule has 0 bridgehead atoms. The molecule has 0 aromatic heterocycles. The highest BCUT2D eigenvalue weighted by atomic mass is 32.2. The lowest BCUT2D eigenvalue weighted by molar-refractivity contribution is 0.447. The SMILES string of the molecule is Cc1ccc(-c2cc3cc4ccccc4cc3c(-c3ccc(C)cc3)c2-c2ccc(C)cc2)cc1.O=S(=O)(O)CF. The van der Waals surface area contributed by atoms with Crippen LogP contribution < -0.4 is 0 Å². The topological polar surface area (TPSA) is 54.4 Å². The highest BCUT2D eigenvalue weighted by Crippen LogP contribution is 2.45. The van der Waals surface area contributed by atoms with Gasteiger partial charge >= 0.3 is 0 Å². The van der Waals surface area contributed by atoms with Gasteiger partial charge in [0.05, 0.1) is 0 Å². The Morgan fingerprint density at radius 2 is 0.976 bits per heavy atom. The quantitative estimate of drug-likeness (QED) is 0.172. The number of alkyl halides is 1. The lowest BCUT2D eigenvalue weighted by atomic mass is 9.83. The second kappa shape index (κ2) is 11.7. The molecular formula is C36H31FO3S. The Labute approximate surface area is 240 Å². The lowest BCUT2D eigenvalue weighted by Gasteiger charge is -2.20. The van der Waals surface area contributed by atoms with E-state index >= 15 is 0 Å². The second-order valence-electron chi connectivity index (χ2n) is 10.4. The minimum atomic E-state index is -4.33. The van der Waals surface area contributed by atoms with E-state index in [0.717, 1.165) is 0 Å². The van der Waals surface area contributed by atoms with E-state index in [0.29, 0.717) is 0 Å². The Kier molecular flexibility index (Phi) is 8.02. The smallest absolute Gasteiger partial charge is 0.284 e. The first-order valence-electron chi connectivity index (χ1n) is 13.3. The van der Waals surface area contributed by atoms with Gasteiger partial charge < -0.3 is 0 Å². The minimum absolute atomic E-state index is 1.24. The third-order valence-corrected chi connectivity index (χ3v) is 7.46. The normalized spacial score (nSPS) is 11.3. The van der Waals surface area contributed by atoms with Gasteiger partial charge in [-0.3, -0.25) is 4.55 Å². The highest BCUT2D eigenvalue weighted by molar-refractivity contribution is 7.85. The van der Waals surface area contributed by atoms with Crippen molar-refractivity contribution in [1.82, 2.24) is 0 Å². The van der Waals surface area contributed by atoms with Crippen molar-refractivity contribution in [3.8, 4) is 33.4 Å². The summed E-state index contributed by atoms with van der Waals surface area (Å²) in [5, 5.41) is 5.10. The lowest BCUT2D eigenvalue weighted by Crippen LogP contribution is -1.96. The van der Waals surface area contributed by atoms with Crippen molar-refractivity contribution in [1.29, 1.82) is 0 Å². The van der Waals surface area contributed by atoms with E-state index < -0.39 is 16.1 Å². The first-order chi connectivity index (χ1) is 19.6. The second-order valence-corrected chi connectivity index (χ2v) is 11.8. The standard InChI is InChI=1S/C35H28.CH3FO3S/c1-23-8-14-26(15-9-23)32-22-31-20-29-6-4-5-7-30(29)21-33(31)35(28-18-12-25(3)13-19-28)34(32)27-16-10-24(2)11-17-27;2-1-6(3,4)5/h4-22H,1-3H3;1H2,(H,3,4,5). The molecule has 5 heteroatoms. The van der Waals surface area contributed by atoms with Crippen molar-refractivity contribution in [2.75, 3.05) is 6.01 Å². The van der Waals surface area contributed by atoms with E-state index in [1.165, 1.54) is 71.6 Å². The van der Waals surface area contributed by atoms with Crippen LogP contribution in [0.3, 0.4) is 0 Å². The maximum Gasteiger partial charge on any atom is 0.294 e. The van der Waals surface area contributed by atoms with Gasteiger partial charge in [-0.15, -0.1) is 0 Å². The van der Waals surface area contributed by atoms with Crippen LogP contribution in [0.5, 0.6) is 0 Å². The molecule has 0 heterocycles. The number of hydrogen-bond donors (Lipinski definition) is 1. The first kappa shape index (κ1) is 28.2. The molecule has 0 aliphatic rings. The fourth-order valence-electron chi connectivity index (χ4n) is 5.09. The van der Waals surface area contributed by atoms with Crippen molar-refractivity contribution in [3.63, 3.8) is 0 Å². The Morgan fingerprint density at radius 1 is 0.561 bits per heavy atom. The maximum absolute atomic E-state index is 10.7. The van der Waals surface area contributed by atoms with Gasteiger partial charge in [-0.2, -0.15) is 8.42 Å². The summed E-state index contributed by atoms with van der Waals surface area (Å²) >= 11 is 0. The predicted molar refractivity (Wildman–Crippen MR) is 169 cm³/mol. The van der Waals surface area contributed by atoms with Crippen LogP contribution in [0.2, 0.25) is 0 Å². The third kappa shape index (κ3) is 6.37. The van der Waals surface area contributed by atoms with Crippen LogP contribution in [0.4, 0.5) is 4.39 Å². The van der Waals surface area contributed by atoms with Crippen LogP contribution in [0.15, 0.2) is 115 Å². The van der Waals surface area contributed by atoms with E-state index in [2.05, 4.69) is 136 Å². The number of rotatable bonds is 4. The first-order valence-corrected chi connectivity index (χ1v) is 15.0. The Bertz CT molecular complexity index is 1940. The summed E-state index contributed by atoms with van der Waals surface area (Å²) in [6.07, 6.45) is 0. The molecule has 0 saturated carbocycles. The summed E-state index contributed by atoms with van der Waals surface area (Å²) in [5.41, 5.74) is 11.4. The molecule has 0 spiro atoms. The number of fused-ring (bicyclic) bond motifs is 2. The summed E-state index contributed by atoms with van der Waals surface area (Å²) in [5.74, 6) is 0. The van der Waals surface area contributed by atoms with Gasteiger partial charge in [-0.25, -0.2) is 4.39 Å². The van der Waals surface area contributed by atoms with Gasteiger partial charge in [0.15, 0.2) is 0 Å². The van der Waals surface area contributed by atoms with Crippen molar-refractivity contribution in [2.45, 2.75) is 20.8 Å². The van der Waals surface area contributed by atoms with Crippen LogP contribution in [0.25, 0.3) is 54.9 Å². The average molecular weight is 563 g/mol. The van der Waals surface area contributed by atoms with Crippen LogP contribution in [0, 0.1) is 20.8 Å². The van der Waals surface area contributed by atoms with E-state index in [1.54, 1.807) is 0 Å². The van der Waals surface area contributed by atoms with Gasteiger partial charge in [0.25, 0.3) is 10.1 Å². The summed E-state index contributed by atoms with van der Waals surface area (Å²) in [4.78, 5) is 0. The van der Waals surface area contributed by atoms with Crippen LogP contribution in [0.1, 0.15) is 16.7 Å². The molecule has 41 heavy (non-hydrogen) atoms. The van der Waals surface area contributed by atoms with Gasteiger partial charge in [-0.05, 0) is 93.9 Å². The molecule has 6 aromatic carbocycles. The van der Waals surface area contributed by atoms with Crippen molar-refractivity contribution in [3.05, 3.63) is 132 Å². The van der Waals surface area contributed by atoms with E-state index in [9.17, 15) is 12.8 Å². The fourth-order valence-corrected chi connectivity index (χ4v) is 5.09. The van der Waals surface area contributed by atoms with Crippen molar-refractivity contribution in [2.24, 2.45) is 0 Å².